The van der Waals surface area contributed by atoms with Crippen molar-refractivity contribution in [1.82, 2.24) is 10.6 Å². The Morgan fingerprint density at radius 2 is 2.11 bits per heavy atom. The van der Waals surface area contributed by atoms with Crippen molar-refractivity contribution in [3.05, 3.63) is 29.8 Å². The van der Waals surface area contributed by atoms with Gasteiger partial charge in [-0.1, -0.05) is 32.0 Å². The molecule has 0 amide bonds. The van der Waals surface area contributed by atoms with E-state index in [1.54, 1.807) is 0 Å². The first kappa shape index (κ1) is 22.3. The van der Waals surface area contributed by atoms with E-state index in [0.717, 1.165) is 36.8 Å². The van der Waals surface area contributed by atoms with Crippen molar-refractivity contribution in [3.8, 4) is 5.75 Å². The van der Waals surface area contributed by atoms with E-state index in [1.807, 2.05) is 18.2 Å². The number of rotatable bonds is 6. The summed E-state index contributed by atoms with van der Waals surface area (Å²) in [4.78, 5) is 4.77. The molecule has 3 rings (SSSR count). The number of ether oxygens (including phenoxy) is 2. The number of nitrogens with zero attached hydrogens (tertiary/aromatic N) is 1. The van der Waals surface area contributed by atoms with Gasteiger partial charge in [-0.2, -0.15) is 0 Å². The molecular formula is C21H34IN3O2. The van der Waals surface area contributed by atoms with Gasteiger partial charge < -0.3 is 20.1 Å². The summed E-state index contributed by atoms with van der Waals surface area (Å²) in [7, 11) is 0. The first-order valence-corrected chi connectivity index (χ1v) is 9.82. The third kappa shape index (κ3) is 4.88. The van der Waals surface area contributed by atoms with Crippen molar-refractivity contribution in [1.29, 1.82) is 0 Å². The van der Waals surface area contributed by atoms with Crippen LogP contribution in [0.4, 0.5) is 0 Å². The van der Waals surface area contributed by atoms with Gasteiger partial charge in [-0.25, -0.2) is 4.99 Å². The van der Waals surface area contributed by atoms with E-state index in [2.05, 4.69) is 51.3 Å². The smallest absolute Gasteiger partial charge is 0.191 e. The number of fused-ring (bicyclic) bond motifs is 1. The summed E-state index contributed by atoms with van der Waals surface area (Å²) < 4.78 is 11.9. The highest BCUT2D eigenvalue weighted by molar-refractivity contribution is 14.0. The Bertz CT molecular complexity index is 650. The second-order valence-corrected chi connectivity index (χ2v) is 8.10. The molecule has 4 unspecified atom stereocenters. The van der Waals surface area contributed by atoms with Gasteiger partial charge in [-0.15, -0.1) is 24.0 Å². The highest BCUT2D eigenvalue weighted by atomic mass is 127. The van der Waals surface area contributed by atoms with Gasteiger partial charge in [0.05, 0.1) is 12.6 Å². The zero-order valence-electron chi connectivity index (χ0n) is 17.1. The molecule has 1 heterocycles. The van der Waals surface area contributed by atoms with Crippen LogP contribution in [-0.4, -0.2) is 43.9 Å². The number of halogens is 1. The lowest BCUT2D eigenvalue weighted by molar-refractivity contribution is -0.106. The molecule has 2 aliphatic rings. The number of hydrogen-bond acceptors (Lipinski definition) is 3. The number of para-hydroxylation sites is 1. The molecule has 1 aliphatic carbocycles. The van der Waals surface area contributed by atoms with Crippen molar-refractivity contribution in [3.63, 3.8) is 0 Å². The lowest BCUT2D eigenvalue weighted by Gasteiger charge is -2.54. The first-order chi connectivity index (χ1) is 12.4. The molecule has 1 saturated heterocycles. The third-order valence-electron chi connectivity index (χ3n) is 5.67. The number of aliphatic imine (C=N–C) groups is 1. The van der Waals surface area contributed by atoms with Crippen molar-refractivity contribution in [2.45, 2.75) is 59.3 Å². The van der Waals surface area contributed by atoms with Crippen molar-refractivity contribution in [2.75, 3.05) is 19.7 Å². The Labute approximate surface area is 180 Å². The van der Waals surface area contributed by atoms with Gasteiger partial charge in [0.1, 0.15) is 11.9 Å². The van der Waals surface area contributed by atoms with Crippen molar-refractivity contribution in [2.24, 2.45) is 16.3 Å². The van der Waals surface area contributed by atoms with Crippen LogP contribution in [0.3, 0.4) is 0 Å². The van der Waals surface area contributed by atoms with Crippen LogP contribution < -0.4 is 15.4 Å². The fourth-order valence-corrected chi connectivity index (χ4v) is 4.25. The highest BCUT2D eigenvalue weighted by Crippen LogP contribution is 2.52. The molecule has 0 spiro atoms. The van der Waals surface area contributed by atoms with E-state index in [4.69, 9.17) is 14.5 Å². The summed E-state index contributed by atoms with van der Waals surface area (Å²) in [5.41, 5.74) is 1.29. The van der Waals surface area contributed by atoms with E-state index in [-0.39, 0.29) is 35.5 Å². The minimum Gasteiger partial charge on any atom is -0.489 e. The van der Waals surface area contributed by atoms with E-state index in [1.165, 1.54) is 0 Å². The molecule has 27 heavy (non-hydrogen) atoms. The predicted octanol–water partition coefficient (Wildman–Crippen LogP) is 3.75. The van der Waals surface area contributed by atoms with E-state index in [0.29, 0.717) is 24.6 Å². The van der Waals surface area contributed by atoms with Gasteiger partial charge in [-0.05, 0) is 38.8 Å². The maximum absolute atomic E-state index is 6.05. The average Bonchev–Trinajstić information content (AvgIpc) is 3.06. The predicted molar refractivity (Wildman–Crippen MR) is 121 cm³/mol. The molecule has 1 saturated carbocycles. The van der Waals surface area contributed by atoms with Crippen LogP contribution >= 0.6 is 24.0 Å². The zero-order valence-corrected chi connectivity index (χ0v) is 19.4. The number of nitrogens with one attached hydrogen (secondary N) is 2. The van der Waals surface area contributed by atoms with Gasteiger partial charge in [0.2, 0.25) is 0 Å². The number of benzene rings is 1. The van der Waals surface area contributed by atoms with Gasteiger partial charge in [-0.3, -0.25) is 0 Å². The van der Waals surface area contributed by atoms with E-state index >= 15 is 0 Å². The van der Waals surface area contributed by atoms with Crippen LogP contribution in [0.25, 0.3) is 0 Å². The maximum Gasteiger partial charge on any atom is 0.191 e. The van der Waals surface area contributed by atoms with E-state index < -0.39 is 0 Å². The first-order valence-electron chi connectivity index (χ1n) is 9.82. The minimum atomic E-state index is 0. The Morgan fingerprint density at radius 3 is 2.81 bits per heavy atom. The van der Waals surface area contributed by atoms with Gasteiger partial charge >= 0.3 is 0 Å². The fraction of sp³-hybridized carbons (Fsp3) is 0.667. The molecule has 1 aliphatic heterocycles. The standard InChI is InChI=1S/C21H33N3O2.HI/c1-6-22-20(24-18-16-11-12-25-19(16)21(18,4)5)23-13-15(3)26-17-10-8-7-9-14(17)2;/h7-10,15-16,18-19H,6,11-13H2,1-5H3,(H2,22,23,24);1H. The van der Waals surface area contributed by atoms with Crippen molar-refractivity contribution >= 4 is 29.9 Å². The van der Waals surface area contributed by atoms with Gasteiger partial charge in [0, 0.05) is 30.5 Å². The molecule has 1 aromatic rings. The molecule has 0 radical (unpaired) electrons. The van der Waals surface area contributed by atoms with Gasteiger partial charge in [0.25, 0.3) is 0 Å². The second kappa shape index (κ2) is 9.45. The molecule has 1 aromatic carbocycles. The lowest BCUT2D eigenvalue weighted by Crippen LogP contribution is -2.68. The highest BCUT2D eigenvalue weighted by Gasteiger charge is 2.59. The summed E-state index contributed by atoms with van der Waals surface area (Å²) in [6.45, 7) is 13.1. The monoisotopic (exact) mass is 487 g/mol. The van der Waals surface area contributed by atoms with Crippen LogP contribution in [0.15, 0.2) is 29.3 Å². The largest absolute Gasteiger partial charge is 0.489 e. The van der Waals surface area contributed by atoms with Crippen molar-refractivity contribution < 1.29 is 9.47 Å². The van der Waals surface area contributed by atoms with Crippen LogP contribution in [0.2, 0.25) is 0 Å². The molecule has 4 atom stereocenters. The number of aryl methyl sites for hydroxylation is 1. The van der Waals surface area contributed by atoms with E-state index in [9.17, 15) is 0 Å². The van der Waals surface area contributed by atoms with Gasteiger partial charge in [0.15, 0.2) is 5.96 Å². The number of guanidine groups is 1. The molecule has 0 aromatic heterocycles. The number of hydrogen-bond donors (Lipinski definition) is 2. The molecule has 6 heteroatoms. The summed E-state index contributed by atoms with van der Waals surface area (Å²) in [5.74, 6) is 2.39. The van der Waals surface area contributed by atoms with Crippen LogP contribution in [0.1, 0.15) is 39.7 Å². The Morgan fingerprint density at radius 1 is 1.37 bits per heavy atom. The van der Waals surface area contributed by atoms with Crippen LogP contribution in [-0.2, 0) is 4.74 Å². The summed E-state index contributed by atoms with van der Waals surface area (Å²) in [5, 5.41) is 7.02. The maximum atomic E-state index is 6.05. The SMILES string of the molecule is CCNC(=NCC(C)Oc1ccccc1C)NC1C2CCOC2C1(C)C.I. The topological polar surface area (TPSA) is 54.9 Å². The molecule has 152 valence electrons. The minimum absolute atomic E-state index is 0. The Hall–Kier alpha value is -1.02. The fourth-order valence-electron chi connectivity index (χ4n) is 4.25. The lowest BCUT2D eigenvalue weighted by atomic mass is 9.57. The molecule has 0 bridgehead atoms. The molecule has 2 N–H and O–H groups in total. The quantitative estimate of drug-likeness (QED) is 0.365. The normalized spacial score (nSPS) is 27.0. The Kier molecular flexibility index (Phi) is 7.80. The molecule has 2 fully saturated rings. The Balaban J connectivity index is 0.00000261. The van der Waals surface area contributed by atoms with Crippen LogP contribution in [0.5, 0.6) is 5.75 Å². The third-order valence-corrected chi connectivity index (χ3v) is 5.67. The zero-order chi connectivity index (χ0) is 18.7. The molecule has 5 nitrogen and oxygen atoms in total. The second-order valence-electron chi connectivity index (χ2n) is 8.10. The summed E-state index contributed by atoms with van der Waals surface area (Å²) in [6.07, 6.45) is 1.53. The van der Waals surface area contributed by atoms with Crippen LogP contribution in [0, 0.1) is 18.3 Å². The average molecular weight is 487 g/mol. The molecular weight excluding hydrogens is 453 g/mol. The summed E-state index contributed by atoms with van der Waals surface area (Å²) >= 11 is 0. The summed E-state index contributed by atoms with van der Waals surface area (Å²) in [6, 6.07) is 8.51.